The Morgan fingerprint density at radius 2 is 2.12 bits per heavy atom. The highest BCUT2D eigenvalue weighted by Crippen LogP contribution is 2.30. The van der Waals surface area contributed by atoms with Crippen LogP contribution in [0.4, 0.5) is 4.79 Å². The summed E-state index contributed by atoms with van der Waals surface area (Å²) in [5, 5.41) is 12.4. The zero-order valence-electron chi connectivity index (χ0n) is 10.5. The van der Waals surface area contributed by atoms with Gasteiger partial charge in [-0.2, -0.15) is 0 Å². The highest BCUT2D eigenvalue weighted by atomic mass is 16.6. The van der Waals surface area contributed by atoms with Gasteiger partial charge in [-0.25, -0.2) is 4.79 Å². The molecule has 0 aromatic carbocycles. The summed E-state index contributed by atoms with van der Waals surface area (Å²) in [4.78, 5) is 11.3. The molecule has 0 heterocycles. The van der Waals surface area contributed by atoms with Crippen LogP contribution in [0.2, 0.25) is 0 Å². The summed E-state index contributed by atoms with van der Waals surface area (Å²) >= 11 is 0. The van der Waals surface area contributed by atoms with Crippen LogP contribution < -0.4 is 5.32 Å². The third-order valence-corrected chi connectivity index (χ3v) is 2.80. The van der Waals surface area contributed by atoms with Crippen molar-refractivity contribution in [3.8, 4) is 0 Å². The molecular formula is C12H23NO3. The molecule has 0 aromatic heterocycles. The molecule has 1 aliphatic rings. The second-order valence-electron chi connectivity index (χ2n) is 5.48. The molecule has 16 heavy (non-hydrogen) atoms. The van der Waals surface area contributed by atoms with Crippen LogP contribution in [-0.4, -0.2) is 29.4 Å². The molecule has 1 rings (SSSR count). The molecule has 2 N–H and O–H groups in total. The summed E-state index contributed by atoms with van der Waals surface area (Å²) in [6.07, 6.45) is 3.39. The Morgan fingerprint density at radius 3 is 2.56 bits per heavy atom. The van der Waals surface area contributed by atoms with Gasteiger partial charge in [0.1, 0.15) is 5.60 Å². The lowest BCUT2D eigenvalue weighted by Gasteiger charge is -2.30. The van der Waals surface area contributed by atoms with E-state index in [0.29, 0.717) is 18.9 Å². The molecule has 0 unspecified atom stereocenters. The number of amides is 1. The van der Waals surface area contributed by atoms with Crippen LogP contribution in [0.5, 0.6) is 0 Å². The fourth-order valence-corrected chi connectivity index (χ4v) is 1.70. The minimum atomic E-state index is -0.462. The van der Waals surface area contributed by atoms with Gasteiger partial charge >= 0.3 is 6.09 Å². The van der Waals surface area contributed by atoms with Gasteiger partial charge < -0.3 is 15.2 Å². The van der Waals surface area contributed by atoms with Crippen LogP contribution in [0.3, 0.4) is 0 Å². The summed E-state index contributed by atoms with van der Waals surface area (Å²) in [5.41, 5.74) is -0.462. The molecule has 1 amide bonds. The number of hydrogen-bond acceptors (Lipinski definition) is 3. The fraction of sp³-hybridized carbons (Fsp3) is 0.917. The minimum absolute atomic E-state index is 0.274. The van der Waals surface area contributed by atoms with Gasteiger partial charge in [-0.1, -0.05) is 6.42 Å². The van der Waals surface area contributed by atoms with Crippen molar-refractivity contribution in [1.29, 1.82) is 0 Å². The molecule has 0 aromatic rings. The van der Waals surface area contributed by atoms with Gasteiger partial charge in [-0.15, -0.1) is 0 Å². The van der Waals surface area contributed by atoms with Gasteiger partial charge in [-0.05, 0) is 46.0 Å². The third kappa shape index (κ3) is 4.84. The van der Waals surface area contributed by atoms with Crippen molar-refractivity contribution >= 4 is 6.09 Å². The Labute approximate surface area is 97.4 Å². The first-order valence-corrected chi connectivity index (χ1v) is 6.03. The molecule has 4 nitrogen and oxygen atoms in total. The van der Waals surface area contributed by atoms with Crippen molar-refractivity contribution in [3.63, 3.8) is 0 Å². The van der Waals surface area contributed by atoms with Gasteiger partial charge in [0.25, 0.3) is 0 Å². The summed E-state index contributed by atoms with van der Waals surface area (Å²) in [6, 6.07) is 0. The summed E-state index contributed by atoms with van der Waals surface area (Å²) in [6.45, 7) is 5.97. The van der Waals surface area contributed by atoms with Crippen molar-refractivity contribution in [2.45, 2.75) is 58.2 Å². The number of ether oxygens (including phenoxy) is 1. The minimum Gasteiger partial charge on any atom is -0.444 e. The number of hydrogen-bond donors (Lipinski definition) is 2. The molecule has 0 spiro atoms. The predicted octanol–water partition coefficient (Wildman–Crippen LogP) is 2.06. The van der Waals surface area contributed by atoms with E-state index in [1.54, 1.807) is 0 Å². The zero-order chi connectivity index (χ0) is 12.2. The molecule has 1 saturated carbocycles. The second-order valence-corrected chi connectivity index (χ2v) is 5.48. The number of alkyl carbamates (subject to hydrolysis) is 1. The van der Waals surface area contributed by atoms with E-state index in [9.17, 15) is 9.90 Å². The van der Waals surface area contributed by atoms with Crippen molar-refractivity contribution in [2.75, 3.05) is 6.54 Å². The molecular weight excluding hydrogens is 206 g/mol. The van der Waals surface area contributed by atoms with Crippen LogP contribution in [0.25, 0.3) is 0 Å². The highest BCUT2D eigenvalue weighted by Gasteiger charge is 2.25. The molecule has 4 heteroatoms. The summed E-state index contributed by atoms with van der Waals surface area (Å²) in [5.74, 6) is 0.445. The Hall–Kier alpha value is -0.770. The zero-order valence-corrected chi connectivity index (χ0v) is 10.5. The number of rotatable bonds is 4. The highest BCUT2D eigenvalue weighted by molar-refractivity contribution is 5.67. The molecule has 0 saturated heterocycles. The van der Waals surface area contributed by atoms with Gasteiger partial charge in [-0.3, -0.25) is 0 Å². The fourth-order valence-electron chi connectivity index (χ4n) is 1.70. The number of carbonyl (C=O) groups excluding carboxylic acids is 1. The standard InChI is InChI=1S/C12H23NO3/c1-12(2,3)16-11(15)13-8-7-10(14)9-5-4-6-9/h9-10,14H,4-8H2,1-3H3,(H,13,15)/t10-/m1/s1. The van der Waals surface area contributed by atoms with Crippen LogP contribution in [0, 0.1) is 5.92 Å². The first kappa shape index (κ1) is 13.3. The number of carbonyl (C=O) groups is 1. The lowest BCUT2D eigenvalue weighted by Crippen LogP contribution is -2.35. The van der Waals surface area contributed by atoms with E-state index in [1.165, 1.54) is 6.42 Å². The maximum atomic E-state index is 11.3. The van der Waals surface area contributed by atoms with E-state index < -0.39 is 11.7 Å². The molecule has 1 fully saturated rings. The monoisotopic (exact) mass is 229 g/mol. The van der Waals surface area contributed by atoms with Gasteiger partial charge in [0, 0.05) is 6.54 Å². The lowest BCUT2D eigenvalue weighted by atomic mass is 9.80. The Kier molecular flexibility index (Phi) is 4.59. The van der Waals surface area contributed by atoms with Gasteiger partial charge in [0.2, 0.25) is 0 Å². The summed E-state index contributed by atoms with van der Waals surface area (Å²) < 4.78 is 5.09. The third-order valence-electron chi connectivity index (χ3n) is 2.80. The molecule has 94 valence electrons. The van der Waals surface area contributed by atoms with Crippen LogP contribution in [0.1, 0.15) is 46.5 Å². The maximum Gasteiger partial charge on any atom is 0.407 e. The van der Waals surface area contributed by atoms with Crippen molar-refractivity contribution in [1.82, 2.24) is 5.32 Å². The molecule has 0 bridgehead atoms. The molecule has 1 atom stereocenters. The number of nitrogens with one attached hydrogen (secondary N) is 1. The average molecular weight is 229 g/mol. The van der Waals surface area contributed by atoms with Crippen LogP contribution >= 0.6 is 0 Å². The lowest BCUT2D eigenvalue weighted by molar-refractivity contribution is 0.0443. The Morgan fingerprint density at radius 1 is 1.50 bits per heavy atom. The first-order chi connectivity index (χ1) is 7.38. The normalized spacial score (nSPS) is 18.8. The van der Waals surface area contributed by atoms with E-state index in [-0.39, 0.29) is 6.10 Å². The Bertz CT molecular complexity index is 231. The van der Waals surface area contributed by atoms with Crippen molar-refractivity contribution in [3.05, 3.63) is 0 Å². The number of aliphatic hydroxyl groups is 1. The second kappa shape index (κ2) is 5.53. The quantitative estimate of drug-likeness (QED) is 0.775. The van der Waals surface area contributed by atoms with Crippen LogP contribution in [-0.2, 0) is 4.74 Å². The van der Waals surface area contributed by atoms with Gasteiger partial charge in [0.15, 0.2) is 0 Å². The molecule has 0 aliphatic heterocycles. The van der Waals surface area contributed by atoms with E-state index >= 15 is 0 Å². The first-order valence-electron chi connectivity index (χ1n) is 6.03. The van der Waals surface area contributed by atoms with E-state index in [1.807, 2.05) is 20.8 Å². The topological polar surface area (TPSA) is 58.6 Å². The predicted molar refractivity (Wildman–Crippen MR) is 62.2 cm³/mol. The van der Waals surface area contributed by atoms with E-state index in [0.717, 1.165) is 12.8 Å². The Balaban J connectivity index is 2.08. The van der Waals surface area contributed by atoms with E-state index in [2.05, 4.69) is 5.32 Å². The summed E-state index contributed by atoms with van der Waals surface area (Å²) in [7, 11) is 0. The maximum absolute atomic E-state index is 11.3. The van der Waals surface area contributed by atoms with Crippen molar-refractivity contribution < 1.29 is 14.6 Å². The average Bonchev–Trinajstić information content (AvgIpc) is 1.96. The number of aliphatic hydroxyl groups excluding tert-OH is 1. The van der Waals surface area contributed by atoms with Gasteiger partial charge in [0.05, 0.1) is 6.10 Å². The smallest absolute Gasteiger partial charge is 0.407 e. The molecule has 1 aliphatic carbocycles. The largest absolute Gasteiger partial charge is 0.444 e. The molecule has 0 radical (unpaired) electrons. The van der Waals surface area contributed by atoms with E-state index in [4.69, 9.17) is 4.74 Å². The SMILES string of the molecule is CC(C)(C)OC(=O)NCC[C@@H](O)C1CCC1. The van der Waals surface area contributed by atoms with Crippen LogP contribution in [0.15, 0.2) is 0 Å². The van der Waals surface area contributed by atoms with Crippen molar-refractivity contribution in [2.24, 2.45) is 5.92 Å².